The molecular weight excluding hydrogens is 291 g/mol. The van der Waals surface area contributed by atoms with Crippen molar-refractivity contribution in [2.75, 3.05) is 33.1 Å². The first-order valence-corrected chi connectivity index (χ1v) is 8.18. The Morgan fingerprint density at radius 2 is 1.91 bits per heavy atom. The van der Waals surface area contributed by atoms with Crippen LogP contribution >= 0.6 is 0 Å². The SMILES string of the molecule is C=C/C=C(\C=C/CF)C(C)/C(=C\C(C)=C/COCC)COCC. The fraction of sp³-hybridized carbons (Fsp3) is 0.500. The first kappa shape index (κ1) is 21.6. The van der Waals surface area contributed by atoms with E-state index in [4.69, 9.17) is 9.47 Å². The molecule has 0 aromatic carbocycles. The van der Waals surface area contributed by atoms with E-state index in [0.717, 1.165) is 16.7 Å². The minimum absolute atomic E-state index is 0.123. The van der Waals surface area contributed by atoms with Crippen LogP contribution in [0.1, 0.15) is 27.7 Å². The average molecular weight is 322 g/mol. The highest BCUT2D eigenvalue weighted by molar-refractivity contribution is 5.35. The molecule has 1 atom stereocenters. The van der Waals surface area contributed by atoms with E-state index in [9.17, 15) is 4.39 Å². The maximum Gasteiger partial charge on any atom is 0.108 e. The Balaban J connectivity index is 5.33. The molecule has 0 aliphatic carbocycles. The number of halogens is 1. The van der Waals surface area contributed by atoms with Crippen LogP contribution in [-0.4, -0.2) is 33.1 Å². The van der Waals surface area contributed by atoms with Gasteiger partial charge < -0.3 is 9.47 Å². The van der Waals surface area contributed by atoms with Gasteiger partial charge in [0.15, 0.2) is 0 Å². The minimum Gasteiger partial charge on any atom is -0.378 e. The second-order valence-electron chi connectivity index (χ2n) is 5.14. The van der Waals surface area contributed by atoms with Crippen molar-refractivity contribution in [3.8, 4) is 0 Å². The lowest BCUT2D eigenvalue weighted by molar-refractivity contribution is 0.166. The molecule has 0 saturated heterocycles. The summed E-state index contributed by atoms with van der Waals surface area (Å²) < 4.78 is 23.4. The molecule has 3 heteroatoms. The van der Waals surface area contributed by atoms with E-state index in [1.165, 1.54) is 6.08 Å². The molecule has 0 saturated carbocycles. The standard InChI is InChI=1S/C20H31FO2/c1-6-10-19(11-9-13-21)18(5)20(16-23-8-3)15-17(4)12-14-22-7-2/h6,9-12,15,18H,1,7-8,13-14,16H2,2-5H3/b11-9-,17-12-,19-10+,20-15-. The van der Waals surface area contributed by atoms with E-state index in [-0.39, 0.29) is 5.92 Å². The van der Waals surface area contributed by atoms with E-state index in [1.54, 1.807) is 6.08 Å². The highest BCUT2D eigenvalue weighted by Gasteiger charge is 2.12. The largest absolute Gasteiger partial charge is 0.378 e. The molecular formula is C20H31FO2. The van der Waals surface area contributed by atoms with Crippen molar-refractivity contribution in [2.45, 2.75) is 27.7 Å². The molecule has 130 valence electrons. The molecule has 0 heterocycles. The van der Waals surface area contributed by atoms with Crippen LogP contribution in [0, 0.1) is 5.92 Å². The van der Waals surface area contributed by atoms with Crippen molar-refractivity contribution in [2.24, 2.45) is 5.92 Å². The third kappa shape index (κ3) is 10.0. The van der Waals surface area contributed by atoms with Crippen molar-refractivity contribution >= 4 is 0 Å². The number of rotatable bonds is 12. The maximum absolute atomic E-state index is 12.4. The van der Waals surface area contributed by atoms with Gasteiger partial charge in [-0.25, -0.2) is 4.39 Å². The van der Waals surface area contributed by atoms with Gasteiger partial charge in [-0.2, -0.15) is 0 Å². The van der Waals surface area contributed by atoms with Crippen molar-refractivity contribution in [3.05, 3.63) is 59.8 Å². The predicted octanol–water partition coefficient (Wildman–Crippen LogP) is 5.21. The second-order valence-corrected chi connectivity index (χ2v) is 5.14. The van der Waals surface area contributed by atoms with Crippen LogP contribution in [0.3, 0.4) is 0 Å². The average Bonchev–Trinajstić information content (AvgIpc) is 2.55. The Labute approximate surface area is 141 Å². The van der Waals surface area contributed by atoms with Crippen LogP contribution in [0.15, 0.2) is 59.8 Å². The highest BCUT2D eigenvalue weighted by Crippen LogP contribution is 2.23. The van der Waals surface area contributed by atoms with E-state index in [1.807, 2.05) is 32.9 Å². The summed E-state index contributed by atoms with van der Waals surface area (Å²) in [6.45, 7) is 13.9. The van der Waals surface area contributed by atoms with Crippen LogP contribution in [0.25, 0.3) is 0 Å². The van der Waals surface area contributed by atoms with Crippen LogP contribution < -0.4 is 0 Å². The van der Waals surface area contributed by atoms with Gasteiger partial charge in [0, 0.05) is 19.1 Å². The lowest BCUT2D eigenvalue weighted by Crippen LogP contribution is -2.09. The Morgan fingerprint density at radius 1 is 1.22 bits per heavy atom. The van der Waals surface area contributed by atoms with E-state index in [2.05, 4.69) is 25.7 Å². The zero-order chi connectivity index (χ0) is 17.5. The quantitative estimate of drug-likeness (QED) is 0.363. The molecule has 0 N–H and O–H groups in total. The molecule has 0 amide bonds. The second kappa shape index (κ2) is 14.2. The molecule has 0 radical (unpaired) electrons. The molecule has 0 aromatic rings. The molecule has 0 aromatic heterocycles. The molecule has 23 heavy (non-hydrogen) atoms. The van der Waals surface area contributed by atoms with Crippen LogP contribution in [0.4, 0.5) is 4.39 Å². The highest BCUT2D eigenvalue weighted by atomic mass is 19.1. The molecule has 0 bridgehead atoms. The van der Waals surface area contributed by atoms with Gasteiger partial charge in [0.1, 0.15) is 6.67 Å². The van der Waals surface area contributed by atoms with Crippen LogP contribution in [0.2, 0.25) is 0 Å². The van der Waals surface area contributed by atoms with E-state index >= 15 is 0 Å². The number of allylic oxidation sites excluding steroid dienone is 7. The summed E-state index contributed by atoms with van der Waals surface area (Å²) in [6.07, 6.45) is 11.1. The smallest absolute Gasteiger partial charge is 0.108 e. The number of alkyl halides is 1. The van der Waals surface area contributed by atoms with Crippen LogP contribution in [-0.2, 0) is 9.47 Å². The third-order valence-electron chi connectivity index (χ3n) is 3.38. The lowest BCUT2D eigenvalue weighted by Gasteiger charge is -2.18. The van der Waals surface area contributed by atoms with Crippen LogP contribution in [0.5, 0.6) is 0 Å². The van der Waals surface area contributed by atoms with Gasteiger partial charge >= 0.3 is 0 Å². The van der Waals surface area contributed by atoms with Gasteiger partial charge in [-0.1, -0.05) is 55.5 Å². The zero-order valence-corrected chi connectivity index (χ0v) is 15.0. The predicted molar refractivity (Wildman–Crippen MR) is 97.4 cm³/mol. The molecule has 0 spiro atoms. The lowest BCUT2D eigenvalue weighted by atomic mass is 9.90. The van der Waals surface area contributed by atoms with Gasteiger partial charge in [0.25, 0.3) is 0 Å². The van der Waals surface area contributed by atoms with E-state index < -0.39 is 6.67 Å². The molecule has 0 rings (SSSR count). The Bertz CT molecular complexity index is 445. The monoisotopic (exact) mass is 322 g/mol. The fourth-order valence-corrected chi connectivity index (χ4v) is 2.05. The molecule has 0 fully saturated rings. The number of hydrogen-bond donors (Lipinski definition) is 0. The Kier molecular flexibility index (Phi) is 13.3. The zero-order valence-electron chi connectivity index (χ0n) is 15.0. The molecule has 1 unspecified atom stereocenters. The summed E-state index contributed by atoms with van der Waals surface area (Å²) in [5.74, 6) is 0.123. The number of hydrogen-bond acceptors (Lipinski definition) is 2. The van der Waals surface area contributed by atoms with Crippen molar-refractivity contribution < 1.29 is 13.9 Å². The Hall–Kier alpha value is -1.45. The summed E-state index contributed by atoms with van der Waals surface area (Å²) in [6, 6.07) is 0. The molecule has 0 aliphatic rings. The Morgan fingerprint density at radius 3 is 2.48 bits per heavy atom. The summed E-state index contributed by atoms with van der Waals surface area (Å²) in [4.78, 5) is 0. The normalized spacial score (nSPS) is 15.3. The van der Waals surface area contributed by atoms with Gasteiger partial charge in [-0.3, -0.25) is 0 Å². The number of ether oxygens (including phenoxy) is 2. The first-order valence-electron chi connectivity index (χ1n) is 8.18. The first-order chi connectivity index (χ1) is 11.1. The topological polar surface area (TPSA) is 18.5 Å². The van der Waals surface area contributed by atoms with Gasteiger partial charge in [-0.15, -0.1) is 0 Å². The molecule has 2 nitrogen and oxygen atoms in total. The summed E-state index contributed by atoms with van der Waals surface area (Å²) in [5.41, 5.74) is 3.29. The third-order valence-corrected chi connectivity index (χ3v) is 3.38. The minimum atomic E-state index is -0.473. The van der Waals surface area contributed by atoms with Gasteiger partial charge in [0.2, 0.25) is 0 Å². The van der Waals surface area contributed by atoms with Crippen molar-refractivity contribution in [3.63, 3.8) is 0 Å². The van der Waals surface area contributed by atoms with Gasteiger partial charge in [-0.05, 0) is 31.9 Å². The fourth-order valence-electron chi connectivity index (χ4n) is 2.05. The summed E-state index contributed by atoms with van der Waals surface area (Å²) in [7, 11) is 0. The van der Waals surface area contributed by atoms with Crippen molar-refractivity contribution in [1.82, 2.24) is 0 Å². The maximum atomic E-state index is 12.4. The van der Waals surface area contributed by atoms with Gasteiger partial charge in [0.05, 0.1) is 13.2 Å². The van der Waals surface area contributed by atoms with E-state index in [0.29, 0.717) is 26.4 Å². The summed E-state index contributed by atoms with van der Waals surface area (Å²) in [5, 5.41) is 0. The summed E-state index contributed by atoms with van der Waals surface area (Å²) >= 11 is 0. The van der Waals surface area contributed by atoms with Crippen molar-refractivity contribution in [1.29, 1.82) is 0 Å². The molecule has 0 aliphatic heterocycles.